The van der Waals surface area contributed by atoms with E-state index in [0.717, 1.165) is 28.4 Å². The molecule has 0 unspecified atom stereocenters. The molecule has 1 aliphatic rings. The van der Waals surface area contributed by atoms with E-state index in [1.54, 1.807) is 7.11 Å². The highest BCUT2D eigenvalue weighted by Gasteiger charge is 2.26. The van der Waals surface area contributed by atoms with Crippen LogP contribution in [0.15, 0.2) is 18.2 Å². The second-order valence-corrected chi connectivity index (χ2v) is 5.80. The summed E-state index contributed by atoms with van der Waals surface area (Å²) in [5.41, 5.74) is 4.42. The molecule has 3 rings (SSSR count). The first-order valence-corrected chi connectivity index (χ1v) is 7.27. The van der Waals surface area contributed by atoms with Gasteiger partial charge in [-0.25, -0.2) is 4.98 Å². The Morgan fingerprint density at radius 2 is 2.05 bits per heavy atom. The molecule has 0 aliphatic heterocycles. The molecule has 1 saturated carbocycles. The van der Waals surface area contributed by atoms with E-state index in [1.165, 1.54) is 18.4 Å². The van der Waals surface area contributed by atoms with E-state index in [1.807, 2.05) is 6.07 Å². The summed E-state index contributed by atoms with van der Waals surface area (Å²) < 4.78 is 6.23. The SMILES string of the molecule is COc1c(-c2cc(=S)nc(C3CC3)[nH]2)ccc(C)c1C. The van der Waals surface area contributed by atoms with Gasteiger partial charge in [0.2, 0.25) is 0 Å². The number of benzene rings is 1. The van der Waals surface area contributed by atoms with E-state index in [4.69, 9.17) is 17.0 Å². The molecule has 1 fully saturated rings. The normalized spacial score (nSPS) is 14.3. The molecule has 1 aromatic heterocycles. The standard InChI is InChI=1S/C16H18N2OS/c1-9-4-7-12(15(19-3)10(9)2)13-8-14(20)18-16(17-13)11-5-6-11/h4,7-8,11H,5-6H2,1-3H3,(H,17,18,20). The van der Waals surface area contributed by atoms with Crippen LogP contribution in [0.5, 0.6) is 5.75 Å². The topological polar surface area (TPSA) is 37.9 Å². The molecule has 20 heavy (non-hydrogen) atoms. The van der Waals surface area contributed by atoms with Crippen LogP contribution in [0, 0.1) is 18.5 Å². The summed E-state index contributed by atoms with van der Waals surface area (Å²) in [6.07, 6.45) is 2.40. The Kier molecular flexibility index (Phi) is 3.34. The summed E-state index contributed by atoms with van der Waals surface area (Å²) in [5, 5.41) is 0. The van der Waals surface area contributed by atoms with Crippen LogP contribution >= 0.6 is 12.2 Å². The van der Waals surface area contributed by atoms with Gasteiger partial charge >= 0.3 is 0 Å². The smallest absolute Gasteiger partial charge is 0.131 e. The predicted molar refractivity (Wildman–Crippen MR) is 82.9 cm³/mol. The van der Waals surface area contributed by atoms with Crippen LogP contribution in [-0.2, 0) is 0 Å². The van der Waals surface area contributed by atoms with E-state index < -0.39 is 0 Å². The highest BCUT2D eigenvalue weighted by molar-refractivity contribution is 7.71. The first-order chi connectivity index (χ1) is 9.60. The lowest BCUT2D eigenvalue weighted by atomic mass is 10.0. The summed E-state index contributed by atoms with van der Waals surface area (Å²) >= 11 is 5.30. The van der Waals surface area contributed by atoms with Crippen LogP contribution in [0.1, 0.15) is 35.7 Å². The fourth-order valence-electron chi connectivity index (χ4n) is 2.44. The Hall–Kier alpha value is -1.68. The molecule has 3 nitrogen and oxygen atoms in total. The Morgan fingerprint density at radius 1 is 1.30 bits per heavy atom. The quantitative estimate of drug-likeness (QED) is 0.854. The number of H-pyrrole nitrogens is 1. The number of nitrogens with zero attached hydrogens (tertiary/aromatic N) is 1. The van der Waals surface area contributed by atoms with Gasteiger partial charge in [0.15, 0.2) is 0 Å². The van der Waals surface area contributed by atoms with Gasteiger partial charge in [0.05, 0.1) is 12.8 Å². The minimum absolute atomic E-state index is 0.550. The molecule has 1 aromatic carbocycles. The van der Waals surface area contributed by atoms with Gasteiger partial charge in [0.1, 0.15) is 16.2 Å². The van der Waals surface area contributed by atoms with Crippen LogP contribution in [0.25, 0.3) is 11.3 Å². The Bertz CT molecular complexity index is 717. The van der Waals surface area contributed by atoms with E-state index in [9.17, 15) is 0 Å². The highest BCUT2D eigenvalue weighted by atomic mass is 32.1. The number of hydrogen-bond donors (Lipinski definition) is 1. The summed E-state index contributed by atoms with van der Waals surface area (Å²) in [7, 11) is 1.71. The second-order valence-electron chi connectivity index (χ2n) is 5.38. The van der Waals surface area contributed by atoms with E-state index in [0.29, 0.717) is 10.6 Å². The van der Waals surface area contributed by atoms with E-state index in [2.05, 4.69) is 35.9 Å². The highest BCUT2D eigenvalue weighted by Crippen LogP contribution is 2.39. The molecule has 1 heterocycles. The summed E-state index contributed by atoms with van der Waals surface area (Å²) in [5.74, 6) is 2.46. The Morgan fingerprint density at radius 3 is 2.70 bits per heavy atom. The number of aryl methyl sites for hydroxylation is 1. The van der Waals surface area contributed by atoms with Gasteiger partial charge in [-0.3, -0.25) is 0 Å². The summed E-state index contributed by atoms with van der Waals surface area (Å²) in [6.45, 7) is 4.17. The van der Waals surface area contributed by atoms with Crippen molar-refractivity contribution < 1.29 is 4.74 Å². The predicted octanol–water partition coefficient (Wildman–Crippen LogP) is 4.31. The number of aromatic amines is 1. The van der Waals surface area contributed by atoms with Gasteiger partial charge < -0.3 is 9.72 Å². The van der Waals surface area contributed by atoms with Gasteiger partial charge in [-0.1, -0.05) is 18.3 Å². The molecule has 0 amide bonds. The largest absolute Gasteiger partial charge is 0.496 e. The van der Waals surface area contributed by atoms with Crippen molar-refractivity contribution in [2.75, 3.05) is 7.11 Å². The maximum atomic E-state index is 5.59. The molecule has 104 valence electrons. The van der Waals surface area contributed by atoms with Gasteiger partial charge in [-0.15, -0.1) is 0 Å². The van der Waals surface area contributed by atoms with Crippen molar-refractivity contribution in [1.29, 1.82) is 0 Å². The molecular formula is C16H18N2OS. The zero-order valence-corrected chi connectivity index (χ0v) is 12.8. The van der Waals surface area contributed by atoms with Crippen LogP contribution in [-0.4, -0.2) is 17.1 Å². The zero-order chi connectivity index (χ0) is 14.3. The second kappa shape index (κ2) is 5.02. The number of methoxy groups -OCH3 is 1. The Balaban J connectivity index is 2.18. The van der Waals surface area contributed by atoms with Gasteiger partial charge in [0, 0.05) is 11.5 Å². The number of nitrogens with one attached hydrogen (secondary N) is 1. The number of ether oxygens (including phenoxy) is 1. The molecule has 0 atom stereocenters. The van der Waals surface area contributed by atoms with Crippen molar-refractivity contribution in [1.82, 2.24) is 9.97 Å². The number of aromatic nitrogens is 2. The van der Waals surface area contributed by atoms with Crippen molar-refractivity contribution in [3.63, 3.8) is 0 Å². The monoisotopic (exact) mass is 286 g/mol. The average Bonchev–Trinajstić information content (AvgIpc) is 3.25. The fourth-order valence-corrected chi connectivity index (χ4v) is 2.65. The third kappa shape index (κ3) is 2.36. The van der Waals surface area contributed by atoms with Crippen LogP contribution in [0.3, 0.4) is 0 Å². The number of hydrogen-bond acceptors (Lipinski definition) is 3. The maximum Gasteiger partial charge on any atom is 0.131 e. The van der Waals surface area contributed by atoms with Crippen molar-refractivity contribution in [3.8, 4) is 17.0 Å². The zero-order valence-electron chi connectivity index (χ0n) is 12.0. The first kappa shape index (κ1) is 13.3. The number of rotatable bonds is 3. The fraction of sp³-hybridized carbons (Fsp3) is 0.375. The van der Waals surface area contributed by atoms with Crippen molar-refractivity contribution >= 4 is 12.2 Å². The van der Waals surface area contributed by atoms with Crippen LogP contribution in [0.2, 0.25) is 0 Å². The summed E-state index contributed by atoms with van der Waals surface area (Å²) in [6, 6.07) is 6.10. The van der Waals surface area contributed by atoms with E-state index >= 15 is 0 Å². The lowest BCUT2D eigenvalue weighted by Gasteiger charge is -2.14. The lowest BCUT2D eigenvalue weighted by Crippen LogP contribution is -1.99. The summed E-state index contributed by atoms with van der Waals surface area (Å²) in [4.78, 5) is 7.86. The van der Waals surface area contributed by atoms with E-state index in [-0.39, 0.29) is 0 Å². The molecule has 2 aromatic rings. The average molecular weight is 286 g/mol. The van der Waals surface area contributed by atoms with Crippen LogP contribution in [0.4, 0.5) is 0 Å². The molecule has 1 N–H and O–H groups in total. The molecule has 1 aliphatic carbocycles. The Labute approximate surface area is 124 Å². The van der Waals surface area contributed by atoms with Crippen molar-refractivity contribution in [2.24, 2.45) is 0 Å². The molecule has 4 heteroatoms. The van der Waals surface area contributed by atoms with Crippen molar-refractivity contribution in [3.05, 3.63) is 39.8 Å². The van der Waals surface area contributed by atoms with Gasteiger partial charge in [0.25, 0.3) is 0 Å². The third-order valence-electron chi connectivity index (χ3n) is 3.90. The van der Waals surface area contributed by atoms with Gasteiger partial charge in [-0.2, -0.15) is 0 Å². The minimum atomic E-state index is 0.550. The lowest BCUT2D eigenvalue weighted by molar-refractivity contribution is 0.413. The molecule has 0 radical (unpaired) electrons. The third-order valence-corrected chi connectivity index (χ3v) is 4.11. The van der Waals surface area contributed by atoms with Crippen LogP contribution < -0.4 is 4.74 Å². The van der Waals surface area contributed by atoms with Gasteiger partial charge in [-0.05, 0) is 49.9 Å². The molecular weight excluding hydrogens is 268 g/mol. The maximum absolute atomic E-state index is 5.59. The minimum Gasteiger partial charge on any atom is -0.496 e. The molecule has 0 bridgehead atoms. The molecule has 0 spiro atoms. The van der Waals surface area contributed by atoms with Crippen molar-refractivity contribution in [2.45, 2.75) is 32.6 Å². The molecule has 0 saturated heterocycles. The first-order valence-electron chi connectivity index (χ1n) is 6.86.